The van der Waals surface area contributed by atoms with Gasteiger partial charge in [-0.15, -0.1) is 5.10 Å². The highest BCUT2D eigenvalue weighted by Crippen LogP contribution is 2.12. The lowest BCUT2D eigenvalue weighted by Gasteiger charge is -2.19. The van der Waals surface area contributed by atoms with Gasteiger partial charge in [0, 0.05) is 13.6 Å². The van der Waals surface area contributed by atoms with Crippen molar-refractivity contribution in [1.29, 1.82) is 0 Å². The highest BCUT2D eigenvalue weighted by molar-refractivity contribution is 5.91. The molecule has 1 unspecified atom stereocenters. The van der Waals surface area contributed by atoms with Crippen molar-refractivity contribution < 1.29 is 9.90 Å². The molecule has 1 aromatic heterocycles. The summed E-state index contributed by atoms with van der Waals surface area (Å²) in [6, 6.07) is 0. The Kier molecular flexibility index (Phi) is 5.09. The zero-order chi connectivity index (χ0) is 12.8. The second-order valence-electron chi connectivity index (χ2n) is 4.13. The summed E-state index contributed by atoms with van der Waals surface area (Å²) in [5, 5.41) is 19.9. The van der Waals surface area contributed by atoms with Crippen LogP contribution in [0.3, 0.4) is 0 Å². The molecular formula is C11H20N4O2. The maximum Gasteiger partial charge on any atom is 0.273 e. The summed E-state index contributed by atoms with van der Waals surface area (Å²) < 4.78 is 1.46. The van der Waals surface area contributed by atoms with Gasteiger partial charge in [-0.2, -0.15) is 0 Å². The number of rotatable bonds is 6. The second-order valence-corrected chi connectivity index (χ2v) is 4.13. The largest absolute Gasteiger partial charge is 0.391 e. The predicted molar refractivity (Wildman–Crippen MR) is 63.4 cm³/mol. The molecule has 0 spiro atoms. The van der Waals surface area contributed by atoms with Crippen LogP contribution in [0.25, 0.3) is 0 Å². The van der Waals surface area contributed by atoms with Crippen molar-refractivity contribution in [2.45, 2.75) is 32.8 Å². The molecule has 1 heterocycles. The van der Waals surface area contributed by atoms with Gasteiger partial charge in [-0.05, 0) is 5.92 Å². The lowest BCUT2D eigenvalue weighted by molar-refractivity contribution is 0.0813. The molecule has 0 saturated heterocycles. The van der Waals surface area contributed by atoms with E-state index >= 15 is 0 Å². The summed E-state index contributed by atoms with van der Waals surface area (Å²) in [4.78, 5) is 11.6. The maximum absolute atomic E-state index is 11.6. The average molecular weight is 240 g/mol. The van der Waals surface area contributed by atoms with Crippen LogP contribution in [-0.4, -0.2) is 38.7 Å². The van der Waals surface area contributed by atoms with Gasteiger partial charge in [0.15, 0.2) is 5.69 Å². The third-order valence-electron chi connectivity index (χ3n) is 2.90. The van der Waals surface area contributed by atoms with E-state index in [1.165, 1.54) is 4.68 Å². The van der Waals surface area contributed by atoms with Gasteiger partial charge in [0.2, 0.25) is 0 Å². The molecular weight excluding hydrogens is 220 g/mol. The average Bonchev–Trinajstić information content (AvgIpc) is 2.74. The fourth-order valence-corrected chi connectivity index (χ4v) is 1.74. The molecule has 0 aliphatic rings. The van der Waals surface area contributed by atoms with Crippen LogP contribution in [0.5, 0.6) is 0 Å². The molecule has 0 bridgehead atoms. The van der Waals surface area contributed by atoms with E-state index < -0.39 is 6.10 Å². The fraction of sp³-hybridized carbons (Fsp3) is 0.727. The normalized spacial score (nSPS) is 12.8. The number of aliphatic hydroxyl groups excluding tert-OH is 1. The van der Waals surface area contributed by atoms with E-state index in [1.807, 2.05) is 13.8 Å². The summed E-state index contributed by atoms with van der Waals surface area (Å²) in [5.41, 5.74) is 0.268. The van der Waals surface area contributed by atoms with Gasteiger partial charge in [0.1, 0.15) is 0 Å². The van der Waals surface area contributed by atoms with Crippen molar-refractivity contribution in [3.05, 3.63) is 11.9 Å². The number of carbonyl (C=O) groups excluding carboxylic acids is 1. The third kappa shape index (κ3) is 3.81. The summed E-state index contributed by atoms with van der Waals surface area (Å²) in [5.74, 6) is -0.0831. The van der Waals surface area contributed by atoms with Crippen LogP contribution in [0.2, 0.25) is 0 Å². The number of aromatic nitrogens is 3. The number of hydrogen-bond acceptors (Lipinski definition) is 4. The summed E-state index contributed by atoms with van der Waals surface area (Å²) in [7, 11) is 1.70. The van der Waals surface area contributed by atoms with Gasteiger partial charge < -0.3 is 10.4 Å². The van der Waals surface area contributed by atoms with E-state index in [-0.39, 0.29) is 24.1 Å². The van der Waals surface area contributed by atoms with E-state index in [4.69, 9.17) is 0 Å². The monoisotopic (exact) mass is 240 g/mol. The Hall–Kier alpha value is -1.43. The molecule has 0 aliphatic heterocycles. The Labute approximate surface area is 101 Å². The topological polar surface area (TPSA) is 80.0 Å². The lowest BCUT2D eigenvalue weighted by Crippen LogP contribution is -2.36. The van der Waals surface area contributed by atoms with Crippen LogP contribution < -0.4 is 5.32 Å². The maximum atomic E-state index is 11.6. The number of aryl methyl sites for hydroxylation is 1. The highest BCUT2D eigenvalue weighted by atomic mass is 16.3. The van der Waals surface area contributed by atoms with E-state index in [0.717, 1.165) is 12.8 Å². The molecule has 0 saturated carbocycles. The summed E-state index contributed by atoms with van der Waals surface area (Å²) in [6.07, 6.45) is 2.83. The molecule has 0 aromatic carbocycles. The first-order valence-corrected chi connectivity index (χ1v) is 5.91. The minimum atomic E-state index is -0.509. The second kappa shape index (κ2) is 6.34. The standard InChI is InChI=1S/C11H20N4O2/c1-4-8(5-2)10(16)6-12-11(17)9-7-15(3)14-13-9/h7-8,10,16H,4-6H2,1-3H3,(H,12,17). The molecule has 1 rings (SSSR count). The van der Waals surface area contributed by atoms with Crippen molar-refractivity contribution >= 4 is 5.91 Å². The number of hydrogen-bond donors (Lipinski definition) is 2. The van der Waals surface area contributed by atoms with E-state index in [0.29, 0.717) is 0 Å². The molecule has 6 heteroatoms. The molecule has 6 nitrogen and oxygen atoms in total. The molecule has 1 aromatic rings. The number of carbonyl (C=O) groups is 1. The Morgan fingerprint density at radius 2 is 2.18 bits per heavy atom. The zero-order valence-corrected chi connectivity index (χ0v) is 10.6. The molecule has 1 atom stereocenters. The van der Waals surface area contributed by atoms with E-state index in [2.05, 4.69) is 15.6 Å². The van der Waals surface area contributed by atoms with Crippen LogP contribution >= 0.6 is 0 Å². The van der Waals surface area contributed by atoms with Crippen molar-refractivity contribution in [3.8, 4) is 0 Å². The van der Waals surface area contributed by atoms with Crippen molar-refractivity contribution in [2.24, 2.45) is 13.0 Å². The number of aliphatic hydroxyl groups is 1. The van der Waals surface area contributed by atoms with Gasteiger partial charge in [0.05, 0.1) is 12.3 Å². The fourth-order valence-electron chi connectivity index (χ4n) is 1.74. The van der Waals surface area contributed by atoms with Gasteiger partial charge >= 0.3 is 0 Å². The van der Waals surface area contributed by atoms with Crippen molar-refractivity contribution in [3.63, 3.8) is 0 Å². The quantitative estimate of drug-likeness (QED) is 0.751. The molecule has 0 aliphatic carbocycles. The Morgan fingerprint density at radius 1 is 1.53 bits per heavy atom. The van der Waals surface area contributed by atoms with Crippen molar-refractivity contribution in [1.82, 2.24) is 20.3 Å². The molecule has 1 amide bonds. The minimum Gasteiger partial charge on any atom is -0.391 e. The van der Waals surface area contributed by atoms with Crippen LogP contribution in [-0.2, 0) is 7.05 Å². The first kappa shape index (κ1) is 13.6. The van der Waals surface area contributed by atoms with Gasteiger partial charge in [-0.3, -0.25) is 9.48 Å². The van der Waals surface area contributed by atoms with Crippen LogP contribution in [0.15, 0.2) is 6.20 Å². The van der Waals surface area contributed by atoms with Gasteiger partial charge in [-0.1, -0.05) is 31.9 Å². The Bertz CT molecular complexity index is 360. The lowest BCUT2D eigenvalue weighted by atomic mass is 9.96. The molecule has 0 radical (unpaired) electrons. The van der Waals surface area contributed by atoms with Crippen LogP contribution in [0.4, 0.5) is 0 Å². The first-order chi connectivity index (χ1) is 8.08. The van der Waals surface area contributed by atoms with Gasteiger partial charge in [0.25, 0.3) is 5.91 Å². The van der Waals surface area contributed by atoms with Crippen LogP contribution in [0, 0.1) is 5.92 Å². The SMILES string of the molecule is CCC(CC)C(O)CNC(=O)c1cn(C)nn1. The summed E-state index contributed by atoms with van der Waals surface area (Å²) in [6.45, 7) is 4.31. The zero-order valence-electron chi connectivity index (χ0n) is 10.6. The predicted octanol–water partition coefficient (Wildman–Crippen LogP) is 0.342. The third-order valence-corrected chi connectivity index (χ3v) is 2.90. The van der Waals surface area contributed by atoms with Gasteiger partial charge in [-0.25, -0.2) is 0 Å². The number of nitrogens with one attached hydrogen (secondary N) is 1. The Balaban J connectivity index is 2.43. The number of nitrogens with zero attached hydrogens (tertiary/aromatic N) is 3. The molecule has 17 heavy (non-hydrogen) atoms. The smallest absolute Gasteiger partial charge is 0.273 e. The van der Waals surface area contributed by atoms with Crippen LogP contribution in [0.1, 0.15) is 37.2 Å². The molecule has 0 fully saturated rings. The summed E-state index contributed by atoms with van der Waals surface area (Å²) >= 11 is 0. The molecule has 96 valence electrons. The number of amides is 1. The Morgan fingerprint density at radius 3 is 2.65 bits per heavy atom. The highest BCUT2D eigenvalue weighted by Gasteiger charge is 2.17. The van der Waals surface area contributed by atoms with Crippen molar-refractivity contribution in [2.75, 3.05) is 6.54 Å². The van der Waals surface area contributed by atoms with E-state index in [9.17, 15) is 9.90 Å². The first-order valence-electron chi connectivity index (χ1n) is 5.91. The molecule has 2 N–H and O–H groups in total. The minimum absolute atomic E-state index is 0.220. The van der Waals surface area contributed by atoms with E-state index in [1.54, 1.807) is 13.2 Å².